The number of hydrogen-bond acceptors (Lipinski definition) is 6. The van der Waals surface area contributed by atoms with E-state index in [0.29, 0.717) is 27.8 Å². The van der Waals surface area contributed by atoms with Gasteiger partial charge in [-0.15, -0.1) is 0 Å². The van der Waals surface area contributed by atoms with Gasteiger partial charge in [-0.25, -0.2) is 9.59 Å². The Morgan fingerprint density at radius 1 is 1.07 bits per heavy atom. The van der Waals surface area contributed by atoms with Crippen LogP contribution in [0.4, 0.5) is 0 Å². The molecule has 0 aliphatic carbocycles. The van der Waals surface area contributed by atoms with Gasteiger partial charge in [0.2, 0.25) is 5.76 Å². The van der Waals surface area contributed by atoms with Crippen LogP contribution >= 0.6 is 11.6 Å². The van der Waals surface area contributed by atoms with E-state index in [0.717, 1.165) is 11.4 Å². The number of esters is 2. The summed E-state index contributed by atoms with van der Waals surface area (Å²) in [4.78, 5) is 24.1. The van der Waals surface area contributed by atoms with Crippen LogP contribution in [0.15, 0.2) is 40.8 Å². The van der Waals surface area contributed by atoms with Crippen molar-refractivity contribution < 1.29 is 28.2 Å². The molecule has 2 aromatic heterocycles. The molecule has 0 aliphatic rings. The molecule has 0 saturated heterocycles. The van der Waals surface area contributed by atoms with Gasteiger partial charge in [0.1, 0.15) is 18.1 Å². The van der Waals surface area contributed by atoms with Gasteiger partial charge in [0.15, 0.2) is 0 Å². The minimum atomic E-state index is -0.596. The first kappa shape index (κ1) is 20.5. The van der Waals surface area contributed by atoms with Crippen LogP contribution in [0, 0.1) is 13.8 Å². The lowest BCUT2D eigenvalue weighted by atomic mass is 10.2. The van der Waals surface area contributed by atoms with E-state index in [2.05, 4.69) is 4.74 Å². The summed E-state index contributed by atoms with van der Waals surface area (Å²) < 4.78 is 22.5. The summed E-state index contributed by atoms with van der Waals surface area (Å²) in [5.41, 5.74) is 2.64. The topological polar surface area (TPSA) is 79.9 Å². The monoisotopic (exact) mass is 417 g/mol. The van der Waals surface area contributed by atoms with Crippen LogP contribution in [0.5, 0.6) is 5.75 Å². The van der Waals surface area contributed by atoms with E-state index in [1.165, 1.54) is 13.2 Å². The quantitative estimate of drug-likeness (QED) is 0.549. The second-order valence-corrected chi connectivity index (χ2v) is 6.71. The molecular weight excluding hydrogens is 398 g/mol. The molecule has 1 aromatic carbocycles. The first-order valence-electron chi connectivity index (χ1n) is 8.72. The Hall–Kier alpha value is -3.19. The smallest absolute Gasteiger partial charge is 0.373 e. The molecular formula is C21H20ClNO6. The van der Waals surface area contributed by atoms with E-state index in [4.69, 9.17) is 25.5 Å². The molecule has 0 spiro atoms. The van der Waals surface area contributed by atoms with Crippen molar-refractivity contribution in [3.8, 4) is 11.4 Å². The molecule has 0 bridgehead atoms. The van der Waals surface area contributed by atoms with E-state index < -0.39 is 11.9 Å². The Kier molecular flexibility index (Phi) is 5.98. The number of hydrogen-bond donors (Lipinski definition) is 0. The third kappa shape index (κ3) is 4.14. The number of methoxy groups -OCH3 is 2. The molecule has 2 heterocycles. The summed E-state index contributed by atoms with van der Waals surface area (Å²) in [7, 11) is 2.83. The largest absolute Gasteiger partial charge is 0.495 e. The number of furan rings is 1. The number of halogens is 1. The molecule has 7 nitrogen and oxygen atoms in total. The molecule has 0 saturated carbocycles. The maximum atomic E-state index is 12.6. The summed E-state index contributed by atoms with van der Waals surface area (Å²) >= 11 is 6.15. The molecule has 3 aromatic rings. The Bertz CT molecular complexity index is 1070. The summed E-state index contributed by atoms with van der Waals surface area (Å²) in [5.74, 6) is -0.0983. The zero-order chi connectivity index (χ0) is 21.1. The van der Waals surface area contributed by atoms with Crippen LogP contribution in [0.3, 0.4) is 0 Å². The van der Waals surface area contributed by atoms with E-state index in [-0.39, 0.29) is 12.4 Å². The number of benzene rings is 1. The van der Waals surface area contributed by atoms with Gasteiger partial charge >= 0.3 is 11.9 Å². The standard InChI is InChI=1S/C21H20ClNO6/c1-12-9-16(13(2)23(12)17-10-14(22)5-7-18(17)26-3)20(24)28-11-15-6-8-19(29-15)21(25)27-4/h5-10H,11H2,1-4H3. The van der Waals surface area contributed by atoms with Crippen molar-refractivity contribution in [2.75, 3.05) is 14.2 Å². The van der Waals surface area contributed by atoms with Crippen molar-refractivity contribution in [2.45, 2.75) is 20.5 Å². The second kappa shape index (κ2) is 8.45. The highest BCUT2D eigenvalue weighted by Crippen LogP contribution is 2.31. The number of nitrogens with zero attached hydrogens (tertiary/aromatic N) is 1. The molecule has 152 valence electrons. The normalized spacial score (nSPS) is 10.7. The number of aryl methyl sites for hydroxylation is 1. The molecule has 3 rings (SSSR count). The van der Waals surface area contributed by atoms with Gasteiger partial charge in [-0.05, 0) is 50.2 Å². The lowest BCUT2D eigenvalue weighted by molar-refractivity contribution is 0.0437. The molecule has 0 amide bonds. The number of ether oxygens (including phenoxy) is 3. The highest BCUT2D eigenvalue weighted by molar-refractivity contribution is 6.30. The zero-order valence-electron chi connectivity index (χ0n) is 16.4. The van der Waals surface area contributed by atoms with Crippen molar-refractivity contribution in [1.29, 1.82) is 0 Å². The van der Waals surface area contributed by atoms with Gasteiger partial charge < -0.3 is 23.2 Å². The average Bonchev–Trinajstić information content (AvgIpc) is 3.30. The minimum absolute atomic E-state index is 0.0461. The van der Waals surface area contributed by atoms with E-state index in [1.54, 1.807) is 37.4 Å². The number of carbonyl (C=O) groups excluding carboxylic acids is 2. The SMILES string of the molecule is COC(=O)c1ccc(COC(=O)c2cc(C)n(-c3cc(Cl)ccc3OC)c2C)o1. The van der Waals surface area contributed by atoms with Crippen LogP contribution in [-0.4, -0.2) is 30.7 Å². The molecule has 0 radical (unpaired) electrons. The van der Waals surface area contributed by atoms with Gasteiger partial charge in [-0.3, -0.25) is 0 Å². The highest BCUT2D eigenvalue weighted by Gasteiger charge is 2.21. The van der Waals surface area contributed by atoms with Crippen molar-refractivity contribution in [2.24, 2.45) is 0 Å². The Labute approximate surface area is 172 Å². The molecule has 0 unspecified atom stereocenters. The van der Waals surface area contributed by atoms with Gasteiger partial charge in [0.25, 0.3) is 0 Å². The molecule has 0 N–H and O–H groups in total. The predicted octanol–water partition coefficient (Wildman–Crippen LogP) is 4.49. The fraction of sp³-hybridized carbons (Fsp3) is 0.238. The molecule has 0 aliphatic heterocycles. The van der Waals surface area contributed by atoms with Crippen molar-refractivity contribution in [3.63, 3.8) is 0 Å². The van der Waals surface area contributed by atoms with E-state index >= 15 is 0 Å². The predicted molar refractivity (Wildman–Crippen MR) is 106 cm³/mol. The molecule has 0 atom stereocenters. The Morgan fingerprint density at radius 3 is 2.52 bits per heavy atom. The van der Waals surface area contributed by atoms with Crippen molar-refractivity contribution in [1.82, 2.24) is 4.57 Å². The molecule has 8 heteroatoms. The van der Waals surface area contributed by atoms with Gasteiger partial charge in [-0.1, -0.05) is 11.6 Å². The van der Waals surface area contributed by atoms with E-state index in [9.17, 15) is 9.59 Å². The zero-order valence-corrected chi connectivity index (χ0v) is 17.2. The molecule has 29 heavy (non-hydrogen) atoms. The summed E-state index contributed by atoms with van der Waals surface area (Å²) in [6, 6.07) is 10.0. The Balaban J connectivity index is 1.83. The third-order valence-corrected chi connectivity index (χ3v) is 4.66. The van der Waals surface area contributed by atoms with Crippen LogP contribution in [0.2, 0.25) is 5.02 Å². The Morgan fingerprint density at radius 2 is 1.83 bits per heavy atom. The number of aromatic nitrogens is 1. The lowest BCUT2D eigenvalue weighted by Crippen LogP contribution is -2.08. The summed E-state index contributed by atoms with van der Waals surface area (Å²) in [5, 5.41) is 0.552. The van der Waals surface area contributed by atoms with Gasteiger partial charge in [0.05, 0.1) is 25.5 Å². The van der Waals surface area contributed by atoms with Crippen LogP contribution in [0.25, 0.3) is 5.69 Å². The maximum absolute atomic E-state index is 12.6. The third-order valence-electron chi connectivity index (χ3n) is 4.43. The fourth-order valence-corrected chi connectivity index (χ4v) is 3.22. The second-order valence-electron chi connectivity index (χ2n) is 6.27. The summed E-state index contributed by atoms with van der Waals surface area (Å²) in [6.45, 7) is 3.57. The lowest BCUT2D eigenvalue weighted by Gasteiger charge is -2.14. The summed E-state index contributed by atoms with van der Waals surface area (Å²) in [6.07, 6.45) is 0. The van der Waals surface area contributed by atoms with Gasteiger partial charge in [-0.2, -0.15) is 0 Å². The number of carbonyl (C=O) groups is 2. The van der Waals surface area contributed by atoms with Crippen LogP contribution in [0.1, 0.15) is 38.1 Å². The van der Waals surface area contributed by atoms with Gasteiger partial charge in [0, 0.05) is 16.4 Å². The highest BCUT2D eigenvalue weighted by atomic mass is 35.5. The minimum Gasteiger partial charge on any atom is -0.495 e. The number of rotatable bonds is 6. The maximum Gasteiger partial charge on any atom is 0.373 e. The van der Waals surface area contributed by atoms with Crippen molar-refractivity contribution >= 4 is 23.5 Å². The van der Waals surface area contributed by atoms with Crippen LogP contribution in [-0.2, 0) is 16.1 Å². The van der Waals surface area contributed by atoms with Crippen LogP contribution < -0.4 is 4.74 Å². The molecule has 0 fully saturated rings. The first-order valence-corrected chi connectivity index (χ1v) is 9.10. The van der Waals surface area contributed by atoms with Crippen molar-refractivity contribution in [3.05, 3.63) is 69.9 Å². The van der Waals surface area contributed by atoms with E-state index in [1.807, 2.05) is 18.4 Å². The average molecular weight is 418 g/mol. The first-order chi connectivity index (χ1) is 13.8. The fourth-order valence-electron chi connectivity index (χ4n) is 3.06.